The molecule has 2 unspecified atom stereocenters. The number of hydrogen-bond donors (Lipinski definition) is 3. The summed E-state index contributed by atoms with van der Waals surface area (Å²) < 4.78 is 0. The van der Waals surface area contributed by atoms with E-state index in [1.54, 1.807) is 0 Å². The van der Waals surface area contributed by atoms with Crippen molar-refractivity contribution in [2.24, 2.45) is 11.8 Å². The van der Waals surface area contributed by atoms with E-state index in [2.05, 4.69) is 5.32 Å². The molecule has 110 valence electrons. The van der Waals surface area contributed by atoms with E-state index in [1.165, 1.54) is 4.90 Å². The van der Waals surface area contributed by atoms with Crippen molar-refractivity contribution in [1.82, 2.24) is 10.2 Å². The Balaban J connectivity index is 2.45. The largest absolute Gasteiger partial charge is 0.481 e. The molecule has 1 aliphatic rings. The van der Waals surface area contributed by atoms with E-state index in [1.807, 2.05) is 6.92 Å². The summed E-state index contributed by atoms with van der Waals surface area (Å²) in [5.41, 5.74) is 0. The summed E-state index contributed by atoms with van der Waals surface area (Å²) in [6.45, 7) is 3.00. The number of aliphatic hydroxyl groups is 1. The van der Waals surface area contributed by atoms with Gasteiger partial charge in [-0.3, -0.25) is 4.79 Å². The van der Waals surface area contributed by atoms with Crippen molar-refractivity contribution in [3.8, 4) is 0 Å². The molecule has 0 heterocycles. The number of carboxylic acids is 1. The molecule has 1 aliphatic carbocycles. The monoisotopic (exact) mass is 272 g/mol. The van der Waals surface area contributed by atoms with E-state index in [-0.39, 0.29) is 24.5 Å². The number of carboxylic acid groups (broad SMARTS) is 1. The highest BCUT2D eigenvalue weighted by atomic mass is 16.4. The normalized spacial score (nSPS) is 22.8. The predicted octanol–water partition coefficient (Wildman–Crippen LogP) is 0.901. The molecular formula is C13H24N2O4. The minimum absolute atomic E-state index is 0.0167. The van der Waals surface area contributed by atoms with E-state index >= 15 is 0 Å². The van der Waals surface area contributed by atoms with E-state index in [4.69, 9.17) is 10.2 Å². The van der Waals surface area contributed by atoms with Gasteiger partial charge in [-0.1, -0.05) is 12.8 Å². The standard InChI is InChI=1S/C13H24N2O4/c1-2-15(7-8-16)13(19)14-9-10-5-3-4-6-11(10)12(17)18/h10-11,16H,2-9H2,1H3,(H,14,19)(H,17,18). The highest BCUT2D eigenvalue weighted by molar-refractivity contribution is 5.74. The van der Waals surface area contributed by atoms with Crippen LogP contribution in [0.4, 0.5) is 4.79 Å². The van der Waals surface area contributed by atoms with Crippen LogP contribution in [0.25, 0.3) is 0 Å². The number of likely N-dealkylation sites (N-methyl/N-ethyl adjacent to an activating group) is 1. The minimum atomic E-state index is -0.762. The number of nitrogens with zero attached hydrogens (tertiary/aromatic N) is 1. The lowest BCUT2D eigenvalue weighted by molar-refractivity contribution is -0.144. The number of carbonyl (C=O) groups excluding carboxylic acids is 1. The molecule has 1 saturated carbocycles. The Morgan fingerprint density at radius 1 is 1.32 bits per heavy atom. The fourth-order valence-electron chi connectivity index (χ4n) is 2.63. The first kappa shape index (κ1) is 15.8. The van der Waals surface area contributed by atoms with Crippen molar-refractivity contribution in [3.63, 3.8) is 0 Å². The number of nitrogens with one attached hydrogen (secondary N) is 1. The molecule has 6 nitrogen and oxygen atoms in total. The summed E-state index contributed by atoms with van der Waals surface area (Å²) in [5, 5.41) is 20.8. The molecule has 2 atom stereocenters. The second-order valence-electron chi connectivity index (χ2n) is 4.98. The third kappa shape index (κ3) is 4.70. The zero-order valence-corrected chi connectivity index (χ0v) is 11.5. The average molecular weight is 272 g/mol. The minimum Gasteiger partial charge on any atom is -0.481 e. The van der Waals surface area contributed by atoms with Crippen LogP contribution in [0, 0.1) is 11.8 Å². The van der Waals surface area contributed by atoms with Gasteiger partial charge < -0.3 is 20.4 Å². The molecule has 0 aromatic heterocycles. The molecule has 1 rings (SSSR count). The first-order valence-corrected chi connectivity index (χ1v) is 6.96. The Bertz CT molecular complexity index is 309. The van der Waals surface area contributed by atoms with Crippen molar-refractivity contribution >= 4 is 12.0 Å². The number of aliphatic hydroxyl groups excluding tert-OH is 1. The van der Waals surface area contributed by atoms with Crippen LogP contribution in [0.1, 0.15) is 32.6 Å². The fraction of sp³-hybridized carbons (Fsp3) is 0.846. The third-order valence-electron chi connectivity index (χ3n) is 3.78. The summed E-state index contributed by atoms with van der Waals surface area (Å²) in [7, 11) is 0. The molecule has 6 heteroatoms. The van der Waals surface area contributed by atoms with Crippen LogP contribution in [0.3, 0.4) is 0 Å². The molecule has 0 aromatic carbocycles. The summed E-state index contributed by atoms with van der Waals surface area (Å²) in [6, 6.07) is -0.230. The van der Waals surface area contributed by atoms with Gasteiger partial charge in [0.1, 0.15) is 0 Å². The summed E-state index contributed by atoms with van der Waals surface area (Å²) in [5.74, 6) is -1.09. The maximum absolute atomic E-state index is 11.8. The van der Waals surface area contributed by atoms with Crippen molar-refractivity contribution in [2.45, 2.75) is 32.6 Å². The van der Waals surface area contributed by atoms with Crippen molar-refractivity contribution in [2.75, 3.05) is 26.2 Å². The fourth-order valence-corrected chi connectivity index (χ4v) is 2.63. The van der Waals surface area contributed by atoms with Gasteiger partial charge in [-0.05, 0) is 25.7 Å². The van der Waals surface area contributed by atoms with Crippen LogP contribution in [0.15, 0.2) is 0 Å². The Morgan fingerprint density at radius 3 is 2.58 bits per heavy atom. The van der Waals surface area contributed by atoms with Gasteiger partial charge in [0.15, 0.2) is 0 Å². The predicted molar refractivity (Wildman–Crippen MR) is 70.8 cm³/mol. The van der Waals surface area contributed by atoms with Crippen LogP contribution >= 0.6 is 0 Å². The lowest BCUT2D eigenvalue weighted by Crippen LogP contribution is -2.45. The van der Waals surface area contributed by atoms with E-state index < -0.39 is 5.97 Å². The lowest BCUT2D eigenvalue weighted by Gasteiger charge is -2.29. The van der Waals surface area contributed by atoms with Gasteiger partial charge in [0.25, 0.3) is 0 Å². The smallest absolute Gasteiger partial charge is 0.317 e. The number of rotatable bonds is 6. The summed E-state index contributed by atoms with van der Waals surface area (Å²) >= 11 is 0. The maximum atomic E-state index is 11.8. The maximum Gasteiger partial charge on any atom is 0.317 e. The summed E-state index contributed by atoms with van der Waals surface area (Å²) in [4.78, 5) is 24.5. The van der Waals surface area contributed by atoms with Gasteiger partial charge in [0.05, 0.1) is 12.5 Å². The highest BCUT2D eigenvalue weighted by Gasteiger charge is 2.31. The quantitative estimate of drug-likeness (QED) is 0.670. The van der Waals surface area contributed by atoms with Crippen LogP contribution in [-0.4, -0.2) is 53.4 Å². The molecule has 0 spiro atoms. The van der Waals surface area contributed by atoms with Crippen LogP contribution in [-0.2, 0) is 4.79 Å². The molecule has 0 bridgehead atoms. The molecule has 0 aromatic rings. The third-order valence-corrected chi connectivity index (χ3v) is 3.78. The lowest BCUT2D eigenvalue weighted by atomic mass is 9.79. The van der Waals surface area contributed by atoms with Crippen molar-refractivity contribution in [1.29, 1.82) is 0 Å². The van der Waals surface area contributed by atoms with Crippen molar-refractivity contribution < 1.29 is 19.8 Å². The van der Waals surface area contributed by atoms with Gasteiger partial charge >= 0.3 is 12.0 Å². The Hall–Kier alpha value is -1.30. The zero-order valence-electron chi connectivity index (χ0n) is 11.5. The van der Waals surface area contributed by atoms with Gasteiger partial charge in [-0.15, -0.1) is 0 Å². The number of carbonyl (C=O) groups is 2. The van der Waals surface area contributed by atoms with Gasteiger partial charge in [-0.2, -0.15) is 0 Å². The Kier molecular flexibility index (Phi) is 6.62. The molecular weight excluding hydrogens is 248 g/mol. The topological polar surface area (TPSA) is 89.9 Å². The zero-order chi connectivity index (χ0) is 14.3. The highest BCUT2D eigenvalue weighted by Crippen LogP contribution is 2.29. The van der Waals surface area contributed by atoms with E-state index in [0.717, 1.165) is 19.3 Å². The SMILES string of the molecule is CCN(CCO)C(=O)NCC1CCCCC1C(=O)O. The molecule has 19 heavy (non-hydrogen) atoms. The van der Waals surface area contributed by atoms with Crippen LogP contribution in [0.2, 0.25) is 0 Å². The van der Waals surface area contributed by atoms with Gasteiger partial charge in [-0.25, -0.2) is 4.79 Å². The molecule has 0 aliphatic heterocycles. The number of amides is 2. The molecule has 1 fully saturated rings. The second kappa shape index (κ2) is 7.99. The Labute approximate surface area is 113 Å². The summed E-state index contributed by atoms with van der Waals surface area (Å²) in [6.07, 6.45) is 3.53. The number of aliphatic carboxylic acids is 1. The number of hydrogen-bond acceptors (Lipinski definition) is 3. The molecule has 0 saturated heterocycles. The average Bonchev–Trinajstić information content (AvgIpc) is 2.42. The second-order valence-corrected chi connectivity index (χ2v) is 4.98. The number of urea groups is 1. The van der Waals surface area contributed by atoms with E-state index in [9.17, 15) is 9.59 Å². The van der Waals surface area contributed by atoms with Gasteiger partial charge in [0, 0.05) is 19.6 Å². The first-order chi connectivity index (χ1) is 9.10. The van der Waals surface area contributed by atoms with Crippen LogP contribution in [0.5, 0.6) is 0 Å². The molecule has 0 radical (unpaired) electrons. The van der Waals surface area contributed by atoms with Crippen LogP contribution < -0.4 is 5.32 Å². The van der Waals surface area contributed by atoms with Crippen molar-refractivity contribution in [3.05, 3.63) is 0 Å². The Morgan fingerprint density at radius 2 is 2.00 bits per heavy atom. The molecule has 2 amide bonds. The first-order valence-electron chi connectivity index (χ1n) is 6.96. The van der Waals surface area contributed by atoms with E-state index in [0.29, 0.717) is 26.1 Å². The molecule has 3 N–H and O–H groups in total. The van der Waals surface area contributed by atoms with Gasteiger partial charge in [0.2, 0.25) is 0 Å².